The molecule has 3 rings (SSSR count). The van der Waals surface area contributed by atoms with E-state index in [1.165, 1.54) is 28.8 Å². The molecular weight excluding hydrogens is 483 g/mol. The summed E-state index contributed by atoms with van der Waals surface area (Å²) < 4.78 is 2.05. The van der Waals surface area contributed by atoms with Gasteiger partial charge in [-0.3, -0.25) is 9.36 Å². The normalized spacial score (nSPS) is 11.5. The van der Waals surface area contributed by atoms with E-state index in [0.717, 1.165) is 11.4 Å². The minimum atomic E-state index is -0.224. The number of amides is 1. The van der Waals surface area contributed by atoms with E-state index < -0.39 is 0 Å². The predicted octanol–water partition coefficient (Wildman–Crippen LogP) is 7.40. The molecule has 2 aromatic heterocycles. The van der Waals surface area contributed by atoms with Gasteiger partial charge in [-0.05, 0) is 38.0 Å². The summed E-state index contributed by atoms with van der Waals surface area (Å²) in [6, 6.07) is 5.34. The Morgan fingerprint density at radius 3 is 2.43 bits per heavy atom. The standard InChI is InChI=1S/C20H21Cl3N4OS2/c1-10(2)17-5-12(8-29-17)19-25-26-20(27(19)11(3)4)30-9-18(28)24-16-7-14(22)13(21)6-15(16)23/h5-8,10-11H,9H2,1-4H3,(H,24,28). The van der Waals surface area contributed by atoms with Crippen molar-refractivity contribution in [1.82, 2.24) is 14.8 Å². The number of halogens is 3. The average Bonchev–Trinajstić information content (AvgIpc) is 3.31. The quantitative estimate of drug-likeness (QED) is 0.269. The molecule has 30 heavy (non-hydrogen) atoms. The number of rotatable bonds is 7. The SMILES string of the molecule is CC(C)c1cc(-c2nnc(SCC(=O)Nc3cc(Cl)c(Cl)cc3Cl)n2C(C)C)cs1. The fraction of sp³-hybridized carbons (Fsp3) is 0.350. The van der Waals surface area contributed by atoms with Crippen LogP contribution in [0.25, 0.3) is 11.4 Å². The van der Waals surface area contributed by atoms with Gasteiger partial charge < -0.3 is 5.32 Å². The molecule has 0 bridgehead atoms. The Morgan fingerprint density at radius 2 is 1.80 bits per heavy atom. The summed E-state index contributed by atoms with van der Waals surface area (Å²) in [6.07, 6.45) is 0. The molecule has 5 nitrogen and oxygen atoms in total. The van der Waals surface area contributed by atoms with E-state index in [2.05, 4.69) is 59.2 Å². The van der Waals surface area contributed by atoms with Crippen LogP contribution in [0.1, 0.15) is 44.5 Å². The molecule has 0 saturated heterocycles. The van der Waals surface area contributed by atoms with Crippen molar-refractivity contribution in [2.45, 2.75) is 44.8 Å². The predicted molar refractivity (Wildman–Crippen MR) is 129 cm³/mol. The van der Waals surface area contributed by atoms with Gasteiger partial charge in [0.05, 0.1) is 26.5 Å². The van der Waals surface area contributed by atoms with Crippen LogP contribution in [-0.4, -0.2) is 26.4 Å². The van der Waals surface area contributed by atoms with Crippen LogP contribution in [0.3, 0.4) is 0 Å². The maximum Gasteiger partial charge on any atom is 0.234 e. The van der Waals surface area contributed by atoms with Crippen molar-refractivity contribution >= 4 is 69.5 Å². The van der Waals surface area contributed by atoms with Gasteiger partial charge in [-0.25, -0.2) is 0 Å². The van der Waals surface area contributed by atoms with Gasteiger partial charge in [-0.1, -0.05) is 60.4 Å². The van der Waals surface area contributed by atoms with Crippen LogP contribution in [0, 0.1) is 0 Å². The molecule has 0 aliphatic carbocycles. The second-order valence-corrected chi connectivity index (χ2v) is 10.4. The minimum Gasteiger partial charge on any atom is -0.324 e. The molecule has 0 atom stereocenters. The number of nitrogens with zero attached hydrogens (tertiary/aromatic N) is 3. The molecule has 0 fully saturated rings. The summed E-state index contributed by atoms with van der Waals surface area (Å²) >= 11 is 21.1. The Hall–Kier alpha value is -1.25. The van der Waals surface area contributed by atoms with Crippen LogP contribution in [0.15, 0.2) is 28.7 Å². The lowest BCUT2D eigenvalue weighted by atomic mass is 10.1. The average molecular weight is 504 g/mol. The zero-order chi connectivity index (χ0) is 22.0. The smallest absolute Gasteiger partial charge is 0.234 e. The number of carbonyl (C=O) groups is 1. The van der Waals surface area contributed by atoms with E-state index in [-0.39, 0.29) is 17.7 Å². The van der Waals surface area contributed by atoms with Crippen LogP contribution in [0.2, 0.25) is 15.1 Å². The molecule has 0 saturated carbocycles. The lowest BCUT2D eigenvalue weighted by Crippen LogP contribution is -2.15. The molecule has 0 unspecified atom stereocenters. The van der Waals surface area contributed by atoms with E-state index in [4.69, 9.17) is 34.8 Å². The number of thiophene rings is 1. The molecule has 1 aromatic carbocycles. The van der Waals surface area contributed by atoms with Gasteiger partial charge in [0.25, 0.3) is 0 Å². The third kappa shape index (κ3) is 5.32. The Kier molecular flexibility index (Phi) is 7.74. The van der Waals surface area contributed by atoms with Crippen LogP contribution in [-0.2, 0) is 4.79 Å². The summed E-state index contributed by atoms with van der Waals surface area (Å²) in [4.78, 5) is 13.7. The number of hydrogen-bond acceptors (Lipinski definition) is 5. The monoisotopic (exact) mass is 502 g/mol. The summed E-state index contributed by atoms with van der Waals surface area (Å²) in [7, 11) is 0. The van der Waals surface area contributed by atoms with Gasteiger partial charge in [0.2, 0.25) is 5.91 Å². The number of thioether (sulfide) groups is 1. The number of hydrogen-bond donors (Lipinski definition) is 1. The number of benzene rings is 1. The third-order valence-corrected chi connectivity index (χ3v) is 7.46. The first-order valence-corrected chi connectivity index (χ1v) is 12.3. The van der Waals surface area contributed by atoms with Gasteiger partial charge in [0, 0.05) is 21.9 Å². The van der Waals surface area contributed by atoms with E-state index in [9.17, 15) is 4.79 Å². The van der Waals surface area contributed by atoms with Crippen LogP contribution in [0.5, 0.6) is 0 Å². The minimum absolute atomic E-state index is 0.146. The Balaban J connectivity index is 1.74. The van der Waals surface area contributed by atoms with Crippen molar-refractivity contribution in [3.8, 4) is 11.4 Å². The first kappa shape index (κ1) is 23.4. The Labute approximate surface area is 199 Å². The molecule has 0 radical (unpaired) electrons. The lowest BCUT2D eigenvalue weighted by Gasteiger charge is -2.13. The fourth-order valence-corrected chi connectivity index (χ4v) is 5.11. The molecule has 0 aliphatic rings. The highest BCUT2D eigenvalue weighted by Gasteiger charge is 2.19. The Bertz CT molecular complexity index is 1060. The first-order chi connectivity index (χ1) is 14.2. The summed E-state index contributed by atoms with van der Waals surface area (Å²) in [6.45, 7) is 8.48. The highest BCUT2D eigenvalue weighted by molar-refractivity contribution is 7.99. The van der Waals surface area contributed by atoms with Gasteiger partial charge in [-0.15, -0.1) is 21.5 Å². The fourth-order valence-electron chi connectivity index (χ4n) is 2.75. The zero-order valence-corrected chi connectivity index (χ0v) is 20.8. The van der Waals surface area contributed by atoms with E-state index in [1.807, 2.05) is 0 Å². The maximum atomic E-state index is 12.4. The van der Waals surface area contributed by atoms with Crippen LogP contribution < -0.4 is 5.32 Å². The van der Waals surface area contributed by atoms with Crippen molar-refractivity contribution < 1.29 is 4.79 Å². The summed E-state index contributed by atoms with van der Waals surface area (Å²) in [5, 5.41) is 15.3. The molecule has 2 heterocycles. The van der Waals surface area contributed by atoms with E-state index >= 15 is 0 Å². The molecule has 160 valence electrons. The number of carbonyl (C=O) groups excluding carboxylic acids is 1. The van der Waals surface area contributed by atoms with Crippen molar-refractivity contribution in [3.63, 3.8) is 0 Å². The van der Waals surface area contributed by atoms with Crippen molar-refractivity contribution in [2.24, 2.45) is 0 Å². The molecule has 0 spiro atoms. The largest absolute Gasteiger partial charge is 0.324 e. The molecule has 1 amide bonds. The van der Waals surface area contributed by atoms with Crippen LogP contribution >= 0.6 is 57.9 Å². The van der Waals surface area contributed by atoms with Gasteiger partial charge in [0.1, 0.15) is 0 Å². The molecular formula is C20H21Cl3N4OS2. The van der Waals surface area contributed by atoms with Crippen molar-refractivity contribution in [1.29, 1.82) is 0 Å². The molecule has 10 heteroatoms. The van der Waals surface area contributed by atoms with E-state index in [0.29, 0.717) is 31.8 Å². The molecule has 0 aliphatic heterocycles. The highest BCUT2D eigenvalue weighted by atomic mass is 35.5. The first-order valence-electron chi connectivity index (χ1n) is 9.28. The van der Waals surface area contributed by atoms with Crippen LogP contribution in [0.4, 0.5) is 5.69 Å². The highest BCUT2D eigenvalue weighted by Crippen LogP contribution is 2.34. The van der Waals surface area contributed by atoms with Crippen molar-refractivity contribution in [3.05, 3.63) is 43.5 Å². The second kappa shape index (κ2) is 9.92. The topological polar surface area (TPSA) is 59.8 Å². The molecule has 1 N–H and O–H groups in total. The third-order valence-electron chi connectivity index (χ3n) is 4.24. The van der Waals surface area contributed by atoms with Gasteiger partial charge in [0.15, 0.2) is 11.0 Å². The zero-order valence-electron chi connectivity index (χ0n) is 16.9. The Morgan fingerprint density at radius 1 is 1.10 bits per heavy atom. The van der Waals surface area contributed by atoms with E-state index in [1.54, 1.807) is 11.3 Å². The summed E-state index contributed by atoms with van der Waals surface area (Å²) in [5.74, 6) is 1.20. The number of nitrogens with one attached hydrogen (secondary N) is 1. The van der Waals surface area contributed by atoms with Gasteiger partial charge >= 0.3 is 0 Å². The molecule has 3 aromatic rings. The summed E-state index contributed by atoms with van der Waals surface area (Å²) in [5.41, 5.74) is 1.46. The number of aromatic nitrogens is 3. The maximum absolute atomic E-state index is 12.4. The second-order valence-electron chi connectivity index (χ2n) is 7.25. The lowest BCUT2D eigenvalue weighted by molar-refractivity contribution is -0.113. The van der Waals surface area contributed by atoms with Crippen molar-refractivity contribution in [2.75, 3.05) is 11.1 Å². The number of anilines is 1. The van der Waals surface area contributed by atoms with Gasteiger partial charge in [-0.2, -0.15) is 0 Å².